The van der Waals surface area contributed by atoms with Crippen LogP contribution in [-0.4, -0.2) is 11.1 Å². The molecule has 0 spiro atoms. The van der Waals surface area contributed by atoms with Gasteiger partial charge in [-0.3, -0.25) is 10.1 Å². The lowest BCUT2D eigenvalue weighted by atomic mass is 10.2. The Morgan fingerprint density at radius 3 is 2.70 bits per heavy atom. The Hall–Kier alpha value is -2.69. The molecule has 0 N–H and O–H groups in total. The third kappa shape index (κ3) is 3.91. The maximum Gasteiger partial charge on any atom is 0.270 e. The molecule has 0 fully saturated rings. The lowest BCUT2D eigenvalue weighted by Gasteiger charge is -2.00. The van der Waals surface area contributed by atoms with Crippen molar-refractivity contribution in [1.29, 1.82) is 0 Å². The van der Waals surface area contributed by atoms with Crippen LogP contribution in [0.3, 0.4) is 0 Å². The molecule has 0 bridgehead atoms. The van der Waals surface area contributed by atoms with Crippen molar-refractivity contribution in [1.82, 2.24) is 0 Å². The van der Waals surface area contributed by atoms with Gasteiger partial charge in [-0.05, 0) is 12.5 Å². The number of nitro groups is 1. The highest BCUT2D eigenvalue weighted by atomic mass is 16.6. The Morgan fingerprint density at radius 1 is 1.25 bits per heavy atom. The number of aryl methyl sites for hydroxylation is 1. The summed E-state index contributed by atoms with van der Waals surface area (Å²) in [7, 11) is 0. The zero-order valence-electron chi connectivity index (χ0n) is 11.0. The summed E-state index contributed by atoms with van der Waals surface area (Å²) in [6.45, 7) is 2.39. The SMILES string of the molecule is Cc1ccc(CO/N=C\c2cccc([N+](=O)[O-])c2)cc1. The molecule has 5 heteroatoms. The van der Waals surface area contributed by atoms with Gasteiger partial charge >= 0.3 is 0 Å². The van der Waals surface area contributed by atoms with Crippen LogP contribution in [0.25, 0.3) is 0 Å². The Balaban J connectivity index is 1.91. The van der Waals surface area contributed by atoms with Crippen molar-refractivity contribution in [3.05, 3.63) is 75.3 Å². The summed E-state index contributed by atoms with van der Waals surface area (Å²) in [5.41, 5.74) is 2.87. The first-order valence-electron chi connectivity index (χ1n) is 6.10. The van der Waals surface area contributed by atoms with Crippen molar-refractivity contribution in [3.63, 3.8) is 0 Å². The van der Waals surface area contributed by atoms with Crippen molar-refractivity contribution >= 4 is 11.9 Å². The van der Waals surface area contributed by atoms with Gasteiger partial charge in [0.1, 0.15) is 6.61 Å². The van der Waals surface area contributed by atoms with E-state index in [4.69, 9.17) is 4.84 Å². The number of rotatable bonds is 5. The van der Waals surface area contributed by atoms with E-state index in [1.54, 1.807) is 12.1 Å². The molecule has 20 heavy (non-hydrogen) atoms. The standard InChI is InChI=1S/C15H14N2O3/c1-12-5-7-13(8-6-12)11-20-16-10-14-3-2-4-15(9-14)17(18)19/h2-10H,11H2,1H3/b16-10-. The first-order valence-corrected chi connectivity index (χ1v) is 6.10. The van der Waals surface area contributed by atoms with E-state index in [1.165, 1.54) is 23.9 Å². The quantitative estimate of drug-likeness (QED) is 0.475. The molecular formula is C15H14N2O3. The minimum absolute atomic E-state index is 0.0347. The largest absolute Gasteiger partial charge is 0.391 e. The Kier molecular flexibility index (Phi) is 4.44. The fourth-order valence-corrected chi connectivity index (χ4v) is 1.61. The molecule has 0 aliphatic rings. The molecule has 5 nitrogen and oxygen atoms in total. The predicted molar refractivity (Wildman–Crippen MR) is 76.7 cm³/mol. The summed E-state index contributed by atoms with van der Waals surface area (Å²) in [5.74, 6) is 0. The van der Waals surface area contributed by atoms with Gasteiger partial charge in [-0.25, -0.2) is 0 Å². The maximum atomic E-state index is 10.6. The fraction of sp³-hybridized carbons (Fsp3) is 0.133. The van der Waals surface area contributed by atoms with Crippen LogP contribution in [0, 0.1) is 17.0 Å². The second-order valence-electron chi connectivity index (χ2n) is 4.35. The molecular weight excluding hydrogens is 256 g/mol. The smallest absolute Gasteiger partial charge is 0.270 e. The zero-order valence-corrected chi connectivity index (χ0v) is 11.0. The van der Waals surface area contributed by atoms with Gasteiger partial charge in [-0.15, -0.1) is 0 Å². The molecule has 0 heterocycles. The van der Waals surface area contributed by atoms with Crippen LogP contribution in [-0.2, 0) is 11.4 Å². The lowest BCUT2D eigenvalue weighted by Crippen LogP contribution is -1.91. The molecule has 102 valence electrons. The van der Waals surface area contributed by atoms with Gasteiger partial charge in [0.15, 0.2) is 0 Å². The number of non-ortho nitro benzene ring substituents is 1. The van der Waals surface area contributed by atoms with Crippen molar-refractivity contribution in [2.24, 2.45) is 5.16 Å². The molecule has 0 radical (unpaired) electrons. The van der Waals surface area contributed by atoms with Gasteiger partial charge in [0, 0.05) is 17.7 Å². The van der Waals surface area contributed by atoms with E-state index < -0.39 is 4.92 Å². The first-order chi connectivity index (χ1) is 9.65. The summed E-state index contributed by atoms with van der Waals surface area (Å²) < 4.78 is 0. The minimum atomic E-state index is -0.440. The number of nitro benzene ring substituents is 1. The Bertz CT molecular complexity index is 621. The van der Waals surface area contributed by atoms with Crippen LogP contribution in [0.15, 0.2) is 53.7 Å². The van der Waals surface area contributed by atoms with Gasteiger partial charge in [-0.2, -0.15) is 0 Å². The fourth-order valence-electron chi connectivity index (χ4n) is 1.61. The van der Waals surface area contributed by atoms with E-state index >= 15 is 0 Å². The summed E-state index contributed by atoms with van der Waals surface area (Å²) in [6, 6.07) is 14.2. The molecule has 2 rings (SSSR count). The van der Waals surface area contributed by atoms with Gasteiger partial charge in [0.25, 0.3) is 5.69 Å². The van der Waals surface area contributed by atoms with Crippen LogP contribution in [0.1, 0.15) is 16.7 Å². The topological polar surface area (TPSA) is 64.7 Å². The maximum absolute atomic E-state index is 10.6. The van der Waals surface area contributed by atoms with E-state index in [1.807, 2.05) is 31.2 Å². The highest BCUT2D eigenvalue weighted by Gasteiger charge is 2.03. The number of nitrogens with zero attached hydrogens (tertiary/aromatic N) is 2. The van der Waals surface area contributed by atoms with Crippen LogP contribution < -0.4 is 0 Å². The molecule has 2 aromatic carbocycles. The third-order valence-corrected chi connectivity index (χ3v) is 2.71. The van der Waals surface area contributed by atoms with Crippen molar-refractivity contribution in [2.45, 2.75) is 13.5 Å². The molecule has 0 aliphatic carbocycles. The minimum Gasteiger partial charge on any atom is -0.391 e. The number of hydrogen-bond donors (Lipinski definition) is 0. The molecule has 0 aromatic heterocycles. The summed E-state index contributed by atoms with van der Waals surface area (Å²) in [6.07, 6.45) is 1.46. The molecule has 2 aromatic rings. The van der Waals surface area contributed by atoms with Gasteiger partial charge in [-0.1, -0.05) is 47.1 Å². The highest BCUT2D eigenvalue weighted by molar-refractivity contribution is 5.80. The van der Waals surface area contributed by atoms with Crippen LogP contribution in [0.5, 0.6) is 0 Å². The Morgan fingerprint density at radius 2 is 2.00 bits per heavy atom. The average Bonchev–Trinajstić information content (AvgIpc) is 2.46. The van der Waals surface area contributed by atoms with Gasteiger partial charge < -0.3 is 4.84 Å². The van der Waals surface area contributed by atoms with Crippen molar-refractivity contribution in [3.8, 4) is 0 Å². The zero-order chi connectivity index (χ0) is 14.4. The molecule has 0 atom stereocenters. The predicted octanol–water partition coefficient (Wildman–Crippen LogP) is 3.45. The number of oxime groups is 1. The van der Waals surface area contributed by atoms with Crippen LogP contribution >= 0.6 is 0 Å². The summed E-state index contributed by atoms with van der Waals surface area (Å²) >= 11 is 0. The second-order valence-corrected chi connectivity index (χ2v) is 4.35. The van der Waals surface area contributed by atoms with E-state index in [-0.39, 0.29) is 5.69 Å². The molecule has 0 unspecified atom stereocenters. The lowest BCUT2D eigenvalue weighted by molar-refractivity contribution is -0.384. The molecule has 0 amide bonds. The van der Waals surface area contributed by atoms with Gasteiger partial charge in [0.2, 0.25) is 0 Å². The van der Waals surface area contributed by atoms with Crippen LogP contribution in [0.4, 0.5) is 5.69 Å². The normalized spacial score (nSPS) is 10.7. The average molecular weight is 270 g/mol. The summed E-state index contributed by atoms with van der Waals surface area (Å²) in [4.78, 5) is 15.3. The van der Waals surface area contributed by atoms with Crippen molar-refractivity contribution < 1.29 is 9.76 Å². The molecule has 0 saturated carbocycles. The van der Waals surface area contributed by atoms with Gasteiger partial charge in [0.05, 0.1) is 11.1 Å². The van der Waals surface area contributed by atoms with E-state index in [0.717, 1.165) is 5.56 Å². The number of benzene rings is 2. The second kappa shape index (κ2) is 6.47. The van der Waals surface area contributed by atoms with E-state index in [0.29, 0.717) is 12.2 Å². The number of hydrogen-bond acceptors (Lipinski definition) is 4. The molecule has 0 saturated heterocycles. The van der Waals surface area contributed by atoms with Crippen LogP contribution in [0.2, 0.25) is 0 Å². The Labute approximate surface area is 116 Å². The molecule has 0 aliphatic heterocycles. The first kappa shape index (κ1) is 13.7. The summed E-state index contributed by atoms with van der Waals surface area (Å²) in [5, 5.41) is 14.4. The van der Waals surface area contributed by atoms with Crippen molar-refractivity contribution in [2.75, 3.05) is 0 Å². The van der Waals surface area contributed by atoms with E-state index in [2.05, 4.69) is 5.16 Å². The monoisotopic (exact) mass is 270 g/mol. The van der Waals surface area contributed by atoms with E-state index in [9.17, 15) is 10.1 Å². The third-order valence-electron chi connectivity index (χ3n) is 2.71. The highest BCUT2D eigenvalue weighted by Crippen LogP contribution is 2.11.